The number of halogens is 1. The maximum atomic E-state index is 11.8. The van der Waals surface area contributed by atoms with E-state index in [1.165, 1.54) is 29.8 Å². The molecule has 0 aromatic carbocycles. The molecule has 114 valence electrons. The molecule has 20 heavy (non-hydrogen) atoms. The van der Waals surface area contributed by atoms with E-state index in [1.54, 1.807) is 18.4 Å². The van der Waals surface area contributed by atoms with Gasteiger partial charge in [0.05, 0.1) is 18.2 Å². The first kappa shape index (κ1) is 17.4. The molecule has 1 aliphatic carbocycles. The molecule has 2 rings (SSSR count). The van der Waals surface area contributed by atoms with Crippen molar-refractivity contribution in [2.75, 3.05) is 19.0 Å². The minimum atomic E-state index is -0.224. The molecule has 1 aromatic rings. The van der Waals surface area contributed by atoms with Gasteiger partial charge in [-0.15, -0.1) is 23.7 Å². The molecule has 1 amide bonds. The predicted octanol–water partition coefficient (Wildman–Crippen LogP) is 2.14. The number of aromatic nitrogens is 1. The van der Waals surface area contributed by atoms with Crippen LogP contribution in [0.5, 0.6) is 0 Å². The highest BCUT2D eigenvalue weighted by atomic mass is 35.5. The van der Waals surface area contributed by atoms with Gasteiger partial charge in [-0.1, -0.05) is 6.42 Å². The van der Waals surface area contributed by atoms with Gasteiger partial charge in [0.1, 0.15) is 0 Å². The third-order valence-corrected chi connectivity index (χ3v) is 4.42. The molecule has 1 heterocycles. The summed E-state index contributed by atoms with van der Waals surface area (Å²) in [6, 6.07) is 0. The highest BCUT2D eigenvalue weighted by molar-refractivity contribution is 7.15. The highest BCUT2D eigenvalue weighted by Crippen LogP contribution is 2.28. The van der Waals surface area contributed by atoms with Crippen molar-refractivity contribution >= 4 is 34.8 Å². The van der Waals surface area contributed by atoms with Crippen LogP contribution in [0, 0.1) is 0 Å². The first-order valence-corrected chi connectivity index (χ1v) is 7.56. The summed E-state index contributed by atoms with van der Waals surface area (Å²) in [6.07, 6.45) is 5.87. The number of thiazole rings is 1. The number of nitrogens with two attached hydrogens (primary N) is 1. The van der Waals surface area contributed by atoms with Crippen molar-refractivity contribution in [3.05, 3.63) is 10.6 Å². The van der Waals surface area contributed by atoms with Crippen LogP contribution in [0.4, 0.5) is 5.13 Å². The molecule has 0 bridgehead atoms. The van der Waals surface area contributed by atoms with E-state index >= 15 is 0 Å². The van der Waals surface area contributed by atoms with E-state index in [4.69, 9.17) is 10.5 Å². The number of carbonyl (C=O) groups is 1. The first-order chi connectivity index (χ1) is 9.22. The lowest BCUT2D eigenvalue weighted by molar-refractivity contribution is -0.118. The van der Waals surface area contributed by atoms with Crippen molar-refractivity contribution in [3.63, 3.8) is 0 Å². The molecular weight excluding hydrogens is 298 g/mol. The van der Waals surface area contributed by atoms with Crippen molar-refractivity contribution in [3.8, 4) is 0 Å². The average Bonchev–Trinajstić information content (AvgIpc) is 2.64. The van der Waals surface area contributed by atoms with Crippen LogP contribution >= 0.6 is 23.7 Å². The number of rotatable bonds is 5. The Morgan fingerprint density at radius 1 is 1.45 bits per heavy atom. The van der Waals surface area contributed by atoms with Crippen LogP contribution in [-0.2, 0) is 22.4 Å². The molecule has 7 heteroatoms. The molecule has 0 aliphatic heterocycles. The normalized spacial score (nSPS) is 15.7. The predicted molar refractivity (Wildman–Crippen MR) is 83.7 cm³/mol. The van der Waals surface area contributed by atoms with Gasteiger partial charge < -0.3 is 15.8 Å². The molecule has 1 atom stereocenters. The number of hydrogen-bond acceptors (Lipinski definition) is 5. The van der Waals surface area contributed by atoms with Gasteiger partial charge >= 0.3 is 0 Å². The maximum Gasteiger partial charge on any atom is 0.228 e. The Kier molecular flexibility index (Phi) is 7.43. The summed E-state index contributed by atoms with van der Waals surface area (Å²) in [7, 11) is 1.57. The third-order valence-electron chi connectivity index (χ3n) is 3.35. The number of amides is 1. The number of nitrogens with zero attached hydrogens (tertiary/aromatic N) is 1. The second kappa shape index (κ2) is 8.56. The molecule has 0 saturated heterocycles. The Bertz CT molecular complexity index is 412. The zero-order valence-corrected chi connectivity index (χ0v) is 13.3. The van der Waals surface area contributed by atoms with Gasteiger partial charge in [-0.3, -0.25) is 4.79 Å². The fraction of sp³-hybridized carbons (Fsp3) is 0.692. The van der Waals surface area contributed by atoms with Crippen molar-refractivity contribution in [2.24, 2.45) is 5.73 Å². The number of hydrogen-bond donors (Lipinski definition) is 2. The average molecular weight is 320 g/mol. The lowest BCUT2D eigenvalue weighted by atomic mass is 10.2. The topological polar surface area (TPSA) is 77.2 Å². The number of methoxy groups -OCH3 is 1. The van der Waals surface area contributed by atoms with Crippen LogP contribution in [-0.4, -0.2) is 30.6 Å². The summed E-state index contributed by atoms with van der Waals surface area (Å²) in [5.74, 6) is -0.0822. The molecule has 0 saturated carbocycles. The number of fused-ring (bicyclic) bond motifs is 1. The monoisotopic (exact) mass is 319 g/mol. The lowest BCUT2D eigenvalue weighted by Crippen LogP contribution is -2.28. The zero-order chi connectivity index (χ0) is 13.7. The van der Waals surface area contributed by atoms with E-state index < -0.39 is 0 Å². The van der Waals surface area contributed by atoms with Crippen molar-refractivity contribution in [2.45, 2.75) is 44.6 Å². The molecule has 1 aromatic heterocycles. The Balaban J connectivity index is 0.00000200. The van der Waals surface area contributed by atoms with Crippen molar-refractivity contribution in [1.82, 2.24) is 4.98 Å². The SMILES string of the molecule is COC(CN)CC(=O)Nc1nc2c(s1)CCCCC2.Cl. The molecule has 0 fully saturated rings. The van der Waals surface area contributed by atoms with Crippen molar-refractivity contribution < 1.29 is 9.53 Å². The van der Waals surface area contributed by atoms with E-state index in [2.05, 4.69) is 10.3 Å². The molecule has 3 N–H and O–H groups in total. The second-order valence-corrected chi connectivity index (χ2v) is 5.88. The fourth-order valence-corrected chi connectivity index (χ4v) is 3.29. The smallest absolute Gasteiger partial charge is 0.228 e. The van der Waals surface area contributed by atoms with Gasteiger partial charge in [0.25, 0.3) is 0 Å². The van der Waals surface area contributed by atoms with E-state index in [0.29, 0.717) is 11.7 Å². The van der Waals surface area contributed by atoms with E-state index in [-0.39, 0.29) is 30.8 Å². The van der Waals surface area contributed by atoms with E-state index in [9.17, 15) is 4.79 Å². The number of carbonyl (C=O) groups excluding carboxylic acids is 1. The van der Waals surface area contributed by atoms with Crippen LogP contribution in [0.15, 0.2) is 0 Å². The maximum absolute atomic E-state index is 11.8. The Labute approximate surface area is 129 Å². The summed E-state index contributed by atoms with van der Waals surface area (Å²) in [4.78, 5) is 17.7. The summed E-state index contributed by atoms with van der Waals surface area (Å²) in [5.41, 5.74) is 6.67. The molecule has 1 unspecified atom stereocenters. The largest absolute Gasteiger partial charge is 0.380 e. The molecule has 1 aliphatic rings. The Morgan fingerprint density at radius 2 is 2.20 bits per heavy atom. The quantitative estimate of drug-likeness (QED) is 0.815. The van der Waals surface area contributed by atoms with E-state index in [1.807, 2.05) is 0 Å². The number of anilines is 1. The van der Waals surface area contributed by atoms with Crippen LogP contribution in [0.3, 0.4) is 0 Å². The van der Waals surface area contributed by atoms with Gasteiger partial charge in [0.2, 0.25) is 5.91 Å². The van der Waals surface area contributed by atoms with Gasteiger partial charge in [-0.2, -0.15) is 0 Å². The molecule has 0 radical (unpaired) electrons. The number of ether oxygens (including phenoxy) is 1. The Morgan fingerprint density at radius 3 is 2.90 bits per heavy atom. The third kappa shape index (κ3) is 4.70. The minimum Gasteiger partial charge on any atom is -0.380 e. The summed E-state index contributed by atoms with van der Waals surface area (Å²) >= 11 is 1.60. The molecular formula is C13H22ClN3O2S. The molecule has 5 nitrogen and oxygen atoms in total. The first-order valence-electron chi connectivity index (χ1n) is 6.74. The summed E-state index contributed by atoms with van der Waals surface area (Å²) in [6.45, 7) is 0.346. The van der Waals surface area contributed by atoms with Crippen molar-refractivity contribution in [1.29, 1.82) is 0 Å². The lowest BCUT2D eigenvalue weighted by Gasteiger charge is -2.11. The van der Waals surface area contributed by atoms with Gasteiger partial charge in [-0.25, -0.2) is 4.98 Å². The number of nitrogens with one attached hydrogen (secondary N) is 1. The number of aryl methyl sites for hydroxylation is 2. The van der Waals surface area contributed by atoms with Crippen LogP contribution in [0.2, 0.25) is 0 Å². The standard InChI is InChI=1S/C13H21N3O2S.ClH/c1-18-9(8-14)7-12(17)16-13-15-10-5-3-2-4-6-11(10)19-13;/h9H,2-8,14H2,1H3,(H,15,16,17);1H. The highest BCUT2D eigenvalue weighted by Gasteiger charge is 2.17. The van der Waals surface area contributed by atoms with Crippen LogP contribution in [0.25, 0.3) is 0 Å². The minimum absolute atomic E-state index is 0. The Hall–Kier alpha value is -0.690. The summed E-state index contributed by atoms with van der Waals surface area (Å²) < 4.78 is 5.10. The van der Waals surface area contributed by atoms with E-state index in [0.717, 1.165) is 12.8 Å². The second-order valence-electron chi connectivity index (χ2n) is 4.80. The van der Waals surface area contributed by atoms with Crippen LogP contribution in [0.1, 0.15) is 36.3 Å². The molecule has 0 spiro atoms. The van der Waals surface area contributed by atoms with Crippen LogP contribution < -0.4 is 11.1 Å². The summed E-state index contributed by atoms with van der Waals surface area (Å²) in [5, 5.41) is 3.56. The van der Waals surface area contributed by atoms with Gasteiger partial charge in [-0.05, 0) is 25.7 Å². The van der Waals surface area contributed by atoms with Gasteiger partial charge in [0, 0.05) is 18.5 Å². The fourth-order valence-electron chi connectivity index (χ4n) is 2.22. The zero-order valence-electron chi connectivity index (χ0n) is 11.7. The van der Waals surface area contributed by atoms with Gasteiger partial charge in [0.15, 0.2) is 5.13 Å².